The second kappa shape index (κ2) is 9.54. The highest BCUT2D eigenvalue weighted by Crippen LogP contribution is 2.32. The molecule has 0 spiro atoms. The molecule has 3 heterocycles. The van der Waals surface area contributed by atoms with Gasteiger partial charge in [-0.15, -0.1) is 0 Å². The van der Waals surface area contributed by atoms with Crippen LogP contribution < -0.4 is 5.32 Å². The van der Waals surface area contributed by atoms with Crippen molar-refractivity contribution in [3.63, 3.8) is 0 Å². The number of amides is 1. The van der Waals surface area contributed by atoms with Crippen molar-refractivity contribution in [2.24, 2.45) is 0 Å². The number of nitrogens with one attached hydrogen (secondary N) is 2. The number of hydrogen-bond acceptors (Lipinski definition) is 4. The molecule has 6 rings (SSSR count). The molecule has 1 amide bonds. The molecule has 1 fully saturated rings. The summed E-state index contributed by atoms with van der Waals surface area (Å²) in [5.74, 6) is 1.51. The third-order valence-electron chi connectivity index (χ3n) is 7.19. The van der Waals surface area contributed by atoms with Crippen LogP contribution in [-0.4, -0.2) is 43.4 Å². The molecule has 0 saturated carbocycles. The normalized spacial score (nSPS) is 16.5. The van der Waals surface area contributed by atoms with Crippen LogP contribution in [-0.2, 0) is 19.4 Å². The summed E-state index contributed by atoms with van der Waals surface area (Å²) in [6.07, 6.45) is 5.61. The third kappa shape index (κ3) is 4.40. The summed E-state index contributed by atoms with van der Waals surface area (Å²) < 4.78 is 2.23. The fraction of sp³-hybridized carbons (Fsp3) is 0.370. The average Bonchev–Trinajstić information content (AvgIpc) is 3.64. The number of carbonyl (C=O) groups excluding carboxylic acids is 1. The van der Waals surface area contributed by atoms with Crippen LogP contribution in [0.3, 0.4) is 0 Å². The average molecular weight is 523 g/mol. The van der Waals surface area contributed by atoms with Crippen LogP contribution in [0, 0.1) is 0 Å². The minimum absolute atomic E-state index is 0.206. The molecule has 0 radical (unpaired) electrons. The van der Waals surface area contributed by atoms with E-state index in [0.29, 0.717) is 21.4 Å². The van der Waals surface area contributed by atoms with Crippen LogP contribution in [0.1, 0.15) is 65.6 Å². The van der Waals surface area contributed by atoms with Gasteiger partial charge in [-0.1, -0.05) is 23.2 Å². The molecule has 2 aromatic carbocycles. The number of halogens is 2. The number of benzene rings is 2. The molecule has 2 N–H and O–H groups in total. The lowest BCUT2D eigenvalue weighted by molar-refractivity contribution is 0.0938. The summed E-state index contributed by atoms with van der Waals surface area (Å²) in [6.45, 7) is 4.94. The Morgan fingerprint density at radius 3 is 2.72 bits per heavy atom. The maximum atomic E-state index is 13.1. The number of imidazole rings is 2. The first-order chi connectivity index (χ1) is 17.5. The molecule has 0 unspecified atom stereocenters. The molecular weight excluding hydrogens is 495 g/mol. The van der Waals surface area contributed by atoms with Crippen molar-refractivity contribution >= 4 is 40.1 Å². The van der Waals surface area contributed by atoms with Crippen LogP contribution in [0.15, 0.2) is 36.4 Å². The summed E-state index contributed by atoms with van der Waals surface area (Å²) in [5.41, 5.74) is 5.47. The van der Waals surface area contributed by atoms with Crippen molar-refractivity contribution in [1.82, 2.24) is 29.7 Å². The van der Waals surface area contributed by atoms with Gasteiger partial charge < -0.3 is 10.3 Å². The van der Waals surface area contributed by atoms with Crippen LogP contribution >= 0.6 is 23.2 Å². The van der Waals surface area contributed by atoms with Crippen LogP contribution in [0.2, 0.25) is 10.0 Å². The van der Waals surface area contributed by atoms with Gasteiger partial charge in [-0.2, -0.15) is 0 Å². The van der Waals surface area contributed by atoms with E-state index in [2.05, 4.69) is 24.8 Å². The number of aromatic amines is 1. The lowest BCUT2D eigenvalue weighted by Crippen LogP contribution is -2.27. The predicted octanol–water partition coefficient (Wildman–Crippen LogP) is 5.63. The maximum absolute atomic E-state index is 13.1. The summed E-state index contributed by atoms with van der Waals surface area (Å²) in [7, 11) is 0. The van der Waals surface area contributed by atoms with Crippen molar-refractivity contribution in [3.05, 3.63) is 75.0 Å². The van der Waals surface area contributed by atoms with E-state index < -0.39 is 0 Å². The Bertz CT molecular complexity index is 1450. The van der Waals surface area contributed by atoms with Crippen LogP contribution in [0.5, 0.6) is 0 Å². The molecule has 0 bridgehead atoms. The number of nitrogens with zero attached hydrogens (tertiary/aromatic N) is 4. The number of H-pyrrole nitrogens is 1. The lowest BCUT2D eigenvalue weighted by Gasteiger charge is -2.18. The van der Waals surface area contributed by atoms with E-state index in [1.807, 2.05) is 31.2 Å². The van der Waals surface area contributed by atoms with Gasteiger partial charge in [0.2, 0.25) is 0 Å². The zero-order valence-corrected chi connectivity index (χ0v) is 21.7. The van der Waals surface area contributed by atoms with Gasteiger partial charge in [-0.05, 0) is 88.5 Å². The Hall–Kier alpha value is -2.87. The number of rotatable bonds is 6. The quantitative estimate of drug-likeness (QED) is 0.343. The number of aromatic nitrogens is 4. The summed E-state index contributed by atoms with van der Waals surface area (Å²) in [5, 5.41) is 4.20. The van der Waals surface area contributed by atoms with Gasteiger partial charge in [0, 0.05) is 16.3 Å². The summed E-state index contributed by atoms with van der Waals surface area (Å²) in [6, 6.07) is 10.7. The number of fused-ring (bicyclic) bond motifs is 2. The fourth-order valence-electron chi connectivity index (χ4n) is 5.35. The van der Waals surface area contributed by atoms with Gasteiger partial charge in [0.1, 0.15) is 11.6 Å². The van der Waals surface area contributed by atoms with Crippen molar-refractivity contribution in [3.8, 4) is 5.69 Å². The van der Waals surface area contributed by atoms with Crippen molar-refractivity contribution in [2.45, 2.75) is 51.6 Å². The van der Waals surface area contributed by atoms with Gasteiger partial charge in [-0.25, -0.2) is 9.97 Å². The van der Waals surface area contributed by atoms with Gasteiger partial charge in [0.25, 0.3) is 5.91 Å². The number of likely N-dealkylation sites (tertiary alicyclic amines) is 1. The van der Waals surface area contributed by atoms with E-state index in [1.54, 1.807) is 12.1 Å². The first-order valence-corrected chi connectivity index (χ1v) is 13.3. The first-order valence-electron chi connectivity index (χ1n) is 12.5. The van der Waals surface area contributed by atoms with Gasteiger partial charge in [0.05, 0.1) is 40.0 Å². The monoisotopic (exact) mass is 522 g/mol. The molecule has 1 atom stereocenters. The maximum Gasteiger partial charge on any atom is 0.251 e. The Morgan fingerprint density at radius 2 is 1.92 bits per heavy atom. The minimum Gasteiger partial charge on any atom is -0.342 e. The summed E-state index contributed by atoms with van der Waals surface area (Å²) in [4.78, 5) is 28.3. The standard InChI is InChI=1S/C27H28Cl2N6O/c1-16(26-32-20-9-8-18(28)14-22(20)33-26)30-27(36)17-7-10-23(19(29)13-17)35-24-6-4-5-21(24)31-25(35)15-34-11-2-3-12-34/h7-10,13-14,16H,2-6,11-12,15H2,1H3,(H,30,36)(H,32,33)/t16-/m0/s1. The highest BCUT2D eigenvalue weighted by atomic mass is 35.5. The van der Waals surface area contributed by atoms with E-state index in [1.165, 1.54) is 24.2 Å². The zero-order valence-electron chi connectivity index (χ0n) is 20.2. The van der Waals surface area contributed by atoms with Gasteiger partial charge >= 0.3 is 0 Å². The molecule has 9 heteroatoms. The van der Waals surface area contributed by atoms with Crippen LogP contribution in [0.25, 0.3) is 16.7 Å². The highest BCUT2D eigenvalue weighted by Gasteiger charge is 2.26. The number of hydrogen-bond donors (Lipinski definition) is 2. The predicted molar refractivity (Wildman–Crippen MR) is 142 cm³/mol. The number of carbonyl (C=O) groups is 1. The van der Waals surface area contributed by atoms with E-state index in [0.717, 1.165) is 61.4 Å². The molecule has 7 nitrogen and oxygen atoms in total. The molecule has 2 aliphatic rings. The Kier molecular flexibility index (Phi) is 6.23. The van der Waals surface area contributed by atoms with Crippen molar-refractivity contribution < 1.29 is 4.79 Å². The van der Waals surface area contributed by atoms with E-state index in [-0.39, 0.29) is 11.9 Å². The van der Waals surface area contributed by atoms with Gasteiger partial charge in [-0.3, -0.25) is 14.3 Å². The first kappa shape index (κ1) is 23.5. The van der Waals surface area contributed by atoms with E-state index >= 15 is 0 Å². The van der Waals surface area contributed by atoms with Crippen molar-refractivity contribution in [1.29, 1.82) is 0 Å². The Labute approximate surface area is 219 Å². The van der Waals surface area contributed by atoms with Gasteiger partial charge in [0.15, 0.2) is 0 Å². The molecule has 186 valence electrons. The minimum atomic E-state index is -0.314. The lowest BCUT2D eigenvalue weighted by atomic mass is 10.1. The molecule has 1 aliphatic heterocycles. The number of aryl methyl sites for hydroxylation is 1. The highest BCUT2D eigenvalue weighted by molar-refractivity contribution is 6.32. The molecule has 1 saturated heterocycles. The molecule has 2 aromatic heterocycles. The molecular formula is C27H28Cl2N6O. The molecule has 36 heavy (non-hydrogen) atoms. The zero-order chi connectivity index (χ0) is 24.8. The van der Waals surface area contributed by atoms with E-state index in [4.69, 9.17) is 28.2 Å². The SMILES string of the molecule is C[C@H](NC(=O)c1ccc(-n2c(CN3CCCC3)nc3c2CCC3)c(Cl)c1)c1nc2ccc(Cl)cc2[nH]1. The van der Waals surface area contributed by atoms with Crippen LogP contribution in [0.4, 0.5) is 0 Å². The van der Waals surface area contributed by atoms with Crippen molar-refractivity contribution in [2.75, 3.05) is 13.1 Å². The fourth-order valence-corrected chi connectivity index (χ4v) is 5.79. The van der Waals surface area contributed by atoms with E-state index in [9.17, 15) is 4.79 Å². The largest absolute Gasteiger partial charge is 0.342 e. The smallest absolute Gasteiger partial charge is 0.251 e. The second-order valence-corrected chi connectivity index (χ2v) is 10.6. The second-order valence-electron chi connectivity index (χ2n) is 9.74. The topological polar surface area (TPSA) is 78.8 Å². The Morgan fingerprint density at radius 1 is 1.08 bits per heavy atom. The Balaban J connectivity index is 1.24. The third-order valence-corrected chi connectivity index (χ3v) is 7.72. The molecule has 4 aromatic rings. The molecule has 1 aliphatic carbocycles. The summed E-state index contributed by atoms with van der Waals surface area (Å²) >= 11 is 12.9.